The topological polar surface area (TPSA) is 75.8 Å². The molecular weight excluding hydrogens is 208 g/mol. The van der Waals surface area contributed by atoms with Crippen molar-refractivity contribution in [3.8, 4) is 0 Å². The van der Waals surface area contributed by atoms with Gasteiger partial charge in [-0.3, -0.25) is 4.79 Å². The molecule has 0 radical (unpaired) electrons. The van der Waals surface area contributed by atoms with E-state index in [2.05, 4.69) is 0 Å². The van der Waals surface area contributed by atoms with Crippen LogP contribution in [-0.4, -0.2) is 55.4 Å². The fourth-order valence-electron chi connectivity index (χ4n) is 1.95. The van der Waals surface area contributed by atoms with Crippen LogP contribution in [0.1, 0.15) is 19.3 Å². The summed E-state index contributed by atoms with van der Waals surface area (Å²) < 4.78 is 5.09. The van der Waals surface area contributed by atoms with Gasteiger partial charge in [-0.25, -0.2) is 0 Å². The summed E-state index contributed by atoms with van der Waals surface area (Å²) in [5, 5.41) is 9.00. The first-order valence-corrected chi connectivity index (χ1v) is 5.82. The van der Waals surface area contributed by atoms with Gasteiger partial charge in [0.2, 0.25) is 5.91 Å². The van der Waals surface area contributed by atoms with Crippen molar-refractivity contribution in [1.29, 1.82) is 0 Å². The molecule has 16 heavy (non-hydrogen) atoms. The van der Waals surface area contributed by atoms with Crippen LogP contribution in [0.25, 0.3) is 0 Å². The quantitative estimate of drug-likeness (QED) is 0.672. The Bertz CT molecular complexity index is 211. The van der Waals surface area contributed by atoms with E-state index in [1.54, 1.807) is 7.11 Å². The van der Waals surface area contributed by atoms with Crippen LogP contribution >= 0.6 is 0 Å². The number of amides is 1. The summed E-state index contributed by atoms with van der Waals surface area (Å²) in [6.45, 7) is 2.08. The van der Waals surface area contributed by atoms with E-state index < -0.39 is 0 Å². The molecular formula is C11H22N2O3. The van der Waals surface area contributed by atoms with Gasteiger partial charge in [0.05, 0.1) is 12.5 Å². The number of carbonyl (C=O) groups excluding carboxylic acids is 1. The number of piperidine rings is 1. The van der Waals surface area contributed by atoms with Crippen molar-refractivity contribution < 1.29 is 14.6 Å². The van der Waals surface area contributed by atoms with Gasteiger partial charge in [0.25, 0.3) is 0 Å². The standard InChI is InChI=1S/C11H22N2O3/c1-16-10(7-12)6-11(15)13-4-2-9(8-14)3-5-13/h9-10,14H,2-8,12H2,1H3. The fourth-order valence-corrected chi connectivity index (χ4v) is 1.95. The Hall–Kier alpha value is -0.650. The number of methoxy groups -OCH3 is 1. The molecule has 1 atom stereocenters. The third-order valence-corrected chi connectivity index (χ3v) is 3.22. The maximum Gasteiger partial charge on any atom is 0.225 e. The largest absolute Gasteiger partial charge is 0.396 e. The Balaban J connectivity index is 2.32. The molecule has 94 valence electrons. The van der Waals surface area contributed by atoms with E-state index in [0.717, 1.165) is 25.9 Å². The molecule has 0 spiro atoms. The third kappa shape index (κ3) is 3.73. The first kappa shape index (κ1) is 13.4. The summed E-state index contributed by atoms with van der Waals surface area (Å²) in [6, 6.07) is 0. The maximum atomic E-state index is 11.8. The molecule has 1 aliphatic heterocycles. The van der Waals surface area contributed by atoms with Crippen LogP contribution in [0.15, 0.2) is 0 Å². The molecule has 0 bridgehead atoms. The van der Waals surface area contributed by atoms with Crippen molar-refractivity contribution in [2.75, 3.05) is 33.4 Å². The molecule has 0 saturated carbocycles. The lowest BCUT2D eigenvalue weighted by Gasteiger charge is -2.31. The zero-order valence-electron chi connectivity index (χ0n) is 9.89. The third-order valence-electron chi connectivity index (χ3n) is 3.22. The number of aliphatic hydroxyl groups excluding tert-OH is 1. The summed E-state index contributed by atoms with van der Waals surface area (Å²) in [5.74, 6) is 0.463. The van der Waals surface area contributed by atoms with E-state index in [-0.39, 0.29) is 18.6 Å². The van der Waals surface area contributed by atoms with Crippen molar-refractivity contribution in [1.82, 2.24) is 4.90 Å². The highest BCUT2D eigenvalue weighted by Gasteiger charge is 2.23. The van der Waals surface area contributed by atoms with E-state index >= 15 is 0 Å². The molecule has 5 heteroatoms. The number of rotatable bonds is 5. The lowest BCUT2D eigenvalue weighted by atomic mass is 9.97. The van der Waals surface area contributed by atoms with Gasteiger partial charge < -0.3 is 20.5 Å². The molecule has 1 amide bonds. The van der Waals surface area contributed by atoms with E-state index in [4.69, 9.17) is 15.6 Å². The van der Waals surface area contributed by atoms with Gasteiger partial charge >= 0.3 is 0 Å². The highest BCUT2D eigenvalue weighted by molar-refractivity contribution is 5.76. The Morgan fingerprint density at radius 1 is 1.56 bits per heavy atom. The maximum absolute atomic E-state index is 11.8. The first-order valence-electron chi connectivity index (χ1n) is 5.82. The Kier molecular flexibility index (Phi) is 5.73. The van der Waals surface area contributed by atoms with Gasteiger partial charge in [-0.2, -0.15) is 0 Å². The Morgan fingerprint density at radius 3 is 2.62 bits per heavy atom. The smallest absolute Gasteiger partial charge is 0.225 e. The number of likely N-dealkylation sites (tertiary alicyclic amines) is 1. The van der Waals surface area contributed by atoms with Crippen LogP contribution in [-0.2, 0) is 9.53 Å². The first-order chi connectivity index (χ1) is 7.71. The predicted octanol–water partition coefficient (Wildman–Crippen LogP) is -0.419. The molecule has 1 aliphatic rings. The summed E-state index contributed by atoms with van der Waals surface area (Å²) in [4.78, 5) is 13.7. The van der Waals surface area contributed by atoms with Crippen LogP contribution in [0.5, 0.6) is 0 Å². The number of carbonyl (C=O) groups is 1. The molecule has 5 nitrogen and oxygen atoms in total. The second-order valence-corrected chi connectivity index (χ2v) is 4.30. The summed E-state index contributed by atoms with van der Waals surface area (Å²) in [5.41, 5.74) is 5.48. The fraction of sp³-hybridized carbons (Fsp3) is 0.909. The van der Waals surface area contributed by atoms with Crippen molar-refractivity contribution in [2.45, 2.75) is 25.4 Å². The average molecular weight is 230 g/mol. The molecule has 3 N–H and O–H groups in total. The van der Waals surface area contributed by atoms with Crippen molar-refractivity contribution in [2.24, 2.45) is 11.7 Å². The van der Waals surface area contributed by atoms with Crippen molar-refractivity contribution in [3.63, 3.8) is 0 Å². The minimum Gasteiger partial charge on any atom is -0.396 e. The molecule has 0 aliphatic carbocycles. The van der Waals surface area contributed by atoms with E-state index in [0.29, 0.717) is 18.9 Å². The lowest BCUT2D eigenvalue weighted by Crippen LogP contribution is -2.41. The van der Waals surface area contributed by atoms with E-state index in [9.17, 15) is 4.79 Å². The molecule has 0 aromatic heterocycles. The zero-order valence-corrected chi connectivity index (χ0v) is 9.89. The number of hydrogen-bond acceptors (Lipinski definition) is 4. The van der Waals surface area contributed by atoms with E-state index in [1.807, 2.05) is 4.90 Å². The SMILES string of the molecule is COC(CN)CC(=O)N1CCC(CO)CC1. The number of nitrogens with zero attached hydrogens (tertiary/aromatic N) is 1. The summed E-state index contributed by atoms with van der Waals surface area (Å²) in [6.07, 6.45) is 1.96. The molecule has 1 fully saturated rings. The Labute approximate surface area is 96.6 Å². The zero-order chi connectivity index (χ0) is 12.0. The second kappa shape index (κ2) is 6.83. The molecule has 0 aromatic rings. The van der Waals surface area contributed by atoms with Crippen molar-refractivity contribution >= 4 is 5.91 Å². The molecule has 1 unspecified atom stereocenters. The van der Waals surface area contributed by atoms with Gasteiger partial charge in [0, 0.05) is 33.4 Å². The highest BCUT2D eigenvalue weighted by atomic mass is 16.5. The summed E-state index contributed by atoms with van der Waals surface area (Å²) in [7, 11) is 1.57. The van der Waals surface area contributed by atoms with Crippen LogP contribution < -0.4 is 5.73 Å². The molecule has 1 heterocycles. The number of nitrogens with two attached hydrogens (primary N) is 1. The molecule has 0 aromatic carbocycles. The van der Waals surface area contributed by atoms with Crippen LogP contribution in [0.4, 0.5) is 0 Å². The second-order valence-electron chi connectivity index (χ2n) is 4.30. The average Bonchev–Trinajstić information content (AvgIpc) is 2.35. The number of ether oxygens (including phenoxy) is 1. The molecule has 1 rings (SSSR count). The van der Waals surface area contributed by atoms with Gasteiger partial charge in [-0.1, -0.05) is 0 Å². The molecule has 1 saturated heterocycles. The number of hydrogen-bond donors (Lipinski definition) is 2. The van der Waals surface area contributed by atoms with Gasteiger partial charge in [0.1, 0.15) is 0 Å². The van der Waals surface area contributed by atoms with Gasteiger partial charge in [-0.15, -0.1) is 0 Å². The van der Waals surface area contributed by atoms with Gasteiger partial charge in [0.15, 0.2) is 0 Å². The normalized spacial score (nSPS) is 19.8. The highest BCUT2D eigenvalue weighted by Crippen LogP contribution is 2.17. The monoisotopic (exact) mass is 230 g/mol. The predicted molar refractivity (Wildman–Crippen MR) is 60.9 cm³/mol. The minimum atomic E-state index is -0.178. The lowest BCUT2D eigenvalue weighted by molar-refractivity contribution is -0.135. The van der Waals surface area contributed by atoms with Gasteiger partial charge in [-0.05, 0) is 18.8 Å². The van der Waals surface area contributed by atoms with Crippen LogP contribution in [0, 0.1) is 5.92 Å². The Morgan fingerprint density at radius 2 is 2.19 bits per heavy atom. The van der Waals surface area contributed by atoms with E-state index in [1.165, 1.54) is 0 Å². The van der Waals surface area contributed by atoms with Crippen molar-refractivity contribution in [3.05, 3.63) is 0 Å². The summed E-state index contributed by atoms with van der Waals surface area (Å²) >= 11 is 0. The van der Waals surface area contributed by atoms with Crippen LogP contribution in [0.2, 0.25) is 0 Å². The number of aliphatic hydroxyl groups is 1. The van der Waals surface area contributed by atoms with Crippen LogP contribution in [0.3, 0.4) is 0 Å². The minimum absolute atomic E-state index is 0.105.